The van der Waals surface area contributed by atoms with Gasteiger partial charge in [-0.1, -0.05) is 43.2 Å². The molecule has 120 valence electrons. The third-order valence-electron chi connectivity index (χ3n) is 4.85. The van der Waals surface area contributed by atoms with Crippen molar-refractivity contribution in [1.29, 1.82) is 0 Å². The lowest BCUT2D eigenvalue weighted by atomic mass is 9.93. The Morgan fingerprint density at radius 2 is 1.86 bits per heavy atom. The van der Waals surface area contributed by atoms with Gasteiger partial charge >= 0.3 is 6.03 Å². The first-order valence-corrected chi connectivity index (χ1v) is 8.51. The summed E-state index contributed by atoms with van der Waals surface area (Å²) in [6.45, 7) is 0. The fourth-order valence-electron chi connectivity index (χ4n) is 3.36. The van der Waals surface area contributed by atoms with Gasteiger partial charge in [-0.2, -0.15) is 0 Å². The first kappa shape index (κ1) is 15.3. The number of nitrogens with one attached hydrogen (secondary N) is 2. The zero-order valence-corrected chi connectivity index (χ0v) is 13.0. The molecule has 2 aliphatic carbocycles. The Morgan fingerprint density at radius 1 is 1.14 bits per heavy atom. The molecule has 0 heterocycles. The van der Waals surface area contributed by atoms with Gasteiger partial charge in [-0.05, 0) is 43.6 Å². The highest BCUT2D eigenvalue weighted by Crippen LogP contribution is 2.34. The Balaban J connectivity index is 1.53. The highest BCUT2D eigenvalue weighted by molar-refractivity contribution is 5.74. The van der Waals surface area contributed by atoms with Gasteiger partial charge in [0.1, 0.15) is 0 Å². The number of aliphatic hydroxyl groups excluding tert-OH is 1. The first-order chi connectivity index (χ1) is 10.7. The molecule has 0 spiro atoms. The maximum absolute atomic E-state index is 12.3. The first-order valence-electron chi connectivity index (χ1n) is 8.51. The van der Waals surface area contributed by atoms with Gasteiger partial charge in [-0.3, -0.25) is 0 Å². The van der Waals surface area contributed by atoms with Crippen LogP contribution in [0.1, 0.15) is 44.1 Å². The minimum atomic E-state index is -0.395. The molecule has 1 aromatic carbocycles. The summed E-state index contributed by atoms with van der Waals surface area (Å²) in [5.41, 5.74) is 1.26. The van der Waals surface area contributed by atoms with Crippen LogP contribution in [0.3, 0.4) is 0 Å². The van der Waals surface area contributed by atoms with Crippen LogP contribution in [0, 0.1) is 5.92 Å². The number of urea groups is 1. The van der Waals surface area contributed by atoms with Crippen LogP contribution in [-0.4, -0.2) is 29.3 Å². The second-order valence-electron chi connectivity index (χ2n) is 6.71. The van der Waals surface area contributed by atoms with E-state index in [0.717, 1.165) is 32.1 Å². The topological polar surface area (TPSA) is 61.4 Å². The van der Waals surface area contributed by atoms with E-state index in [9.17, 15) is 9.90 Å². The Bertz CT molecular complexity index is 487. The highest BCUT2D eigenvalue weighted by atomic mass is 16.3. The minimum absolute atomic E-state index is 0.0923. The van der Waals surface area contributed by atoms with Crippen LogP contribution in [-0.2, 0) is 6.42 Å². The summed E-state index contributed by atoms with van der Waals surface area (Å²) < 4.78 is 0. The SMILES string of the molecule is O=C(NC1CCCCC1O)NC(Cc1ccccc1)C1CC1. The summed E-state index contributed by atoms with van der Waals surface area (Å²) in [5, 5.41) is 16.1. The molecule has 3 unspecified atom stereocenters. The zero-order valence-electron chi connectivity index (χ0n) is 13.0. The fourth-order valence-corrected chi connectivity index (χ4v) is 3.36. The van der Waals surface area contributed by atoms with Crippen molar-refractivity contribution in [3.63, 3.8) is 0 Å². The smallest absolute Gasteiger partial charge is 0.315 e. The Morgan fingerprint density at radius 3 is 2.55 bits per heavy atom. The lowest BCUT2D eigenvalue weighted by Crippen LogP contribution is -2.52. The summed E-state index contributed by atoms with van der Waals surface area (Å²) in [6.07, 6.45) is 6.69. The van der Waals surface area contributed by atoms with Gasteiger partial charge in [0.15, 0.2) is 0 Å². The summed E-state index contributed by atoms with van der Waals surface area (Å²) >= 11 is 0. The molecule has 2 fully saturated rings. The van der Waals surface area contributed by atoms with Gasteiger partial charge in [-0.25, -0.2) is 4.79 Å². The number of rotatable bonds is 5. The van der Waals surface area contributed by atoms with E-state index >= 15 is 0 Å². The lowest BCUT2D eigenvalue weighted by Gasteiger charge is -2.29. The molecule has 4 heteroatoms. The zero-order chi connectivity index (χ0) is 15.4. The molecule has 2 aliphatic rings. The molecule has 0 aromatic heterocycles. The molecule has 3 rings (SSSR count). The number of amides is 2. The number of carbonyl (C=O) groups is 1. The average Bonchev–Trinajstić information content (AvgIpc) is 3.35. The standard InChI is InChI=1S/C18H26N2O2/c21-17-9-5-4-8-15(17)19-18(22)20-16(14-10-11-14)12-13-6-2-1-3-7-13/h1-3,6-7,14-17,21H,4-5,8-12H2,(H2,19,20,22). The minimum Gasteiger partial charge on any atom is -0.391 e. The number of benzene rings is 1. The molecule has 3 N–H and O–H groups in total. The quantitative estimate of drug-likeness (QED) is 0.783. The van der Waals surface area contributed by atoms with Crippen molar-refractivity contribution >= 4 is 6.03 Å². The van der Waals surface area contributed by atoms with Gasteiger partial charge in [0.05, 0.1) is 12.1 Å². The highest BCUT2D eigenvalue weighted by Gasteiger charge is 2.33. The Kier molecular flexibility index (Phi) is 4.98. The second-order valence-corrected chi connectivity index (χ2v) is 6.71. The van der Waals surface area contributed by atoms with Gasteiger partial charge < -0.3 is 15.7 Å². The molecular weight excluding hydrogens is 276 g/mol. The van der Waals surface area contributed by atoms with Gasteiger partial charge in [-0.15, -0.1) is 0 Å². The van der Waals surface area contributed by atoms with Crippen LogP contribution in [0.15, 0.2) is 30.3 Å². The molecule has 0 saturated heterocycles. The van der Waals surface area contributed by atoms with Crippen molar-refractivity contribution in [1.82, 2.24) is 10.6 Å². The van der Waals surface area contributed by atoms with E-state index in [0.29, 0.717) is 5.92 Å². The number of aliphatic hydroxyl groups is 1. The van der Waals surface area contributed by atoms with Crippen LogP contribution in [0.2, 0.25) is 0 Å². The summed E-state index contributed by atoms with van der Waals surface area (Å²) in [7, 11) is 0. The van der Waals surface area contributed by atoms with Gasteiger partial charge in [0, 0.05) is 6.04 Å². The molecular formula is C18H26N2O2. The molecule has 22 heavy (non-hydrogen) atoms. The molecule has 3 atom stereocenters. The molecule has 2 amide bonds. The van der Waals surface area contributed by atoms with Crippen molar-refractivity contribution in [3.8, 4) is 0 Å². The van der Waals surface area contributed by atoms with E-state index < -0.39 is 6.10 Å². The fraction of sp³-hybridized carbons (Fsp3) is 0.611. The van der Waals surface area contributed by atoms with E-state index in [1.54, 1.807) is 0 Å². The number of hydrogen-bond acceptors (Lipinski definition) is 2. The van der Waals surface area contributed by atoms with Crippen LogP contribution < -0.4 is 10.6 Å². The summed E-state index contributed by atoms with van der Waals surface area (Å²) in [5.74, 6) is 0.599. The third kappa shape index (κ3) is 4.23. The molecule has 4 nitrogen and oxygen atoms in total. The van der Waals surface area contributed by atoms with Crippen LogP contribution >= 0.6 is 0 Å². The predicted molar refractivity (Wildman–Crippen MR) is 86.6 cm³/mol. The third-order valence-corrected chi connectivity index (χ3v) is 4.85. The van der Waals surface area contributed by atoms with Crippen molar-refractivity contribution < 1.29 is 9.90 Å². The lowest BCUT2D eigenvalue weighted by molar-refractivity contribution is 0.0939. The molecule has 2 saturated carbocycles. The van der Waals surface area contributed by atoms with Gasteiger partial charge in [0.2, 0.25) is 0 Å². The number of carbonyl (C=O) groups excluding carboxylic acids is 1. The van der Waals surface area contributed by atoms with E-state index in [2.05, 4.69) is 22.8 Å². The van der Waals surface area contributed by atoms with Crippen LogP contribution in [0.25, 0.3) is 0 Å². The molecule has 0 aliphatic heterocycles. The second kappa shape index (κ2) is 7.14. The molecule has 1 aromatic rings. The Labute approximate surface area is 132 Å². The van der Waals surface area contributed by atoms with Crippen molar-refractivity contribution in [3.05, 3.63) is 35.9 Å². The number of hydrogen-bond donors (Lipinski definition) is 3. The van der Waals surface area contributed by atoms with E-state index in [1.807, 2.05) is 18.2 Å². The summed E-state index contributed by atoms with van der Waals surface area (Å²) in [6, 6.07) is 10.3. The summed E-state index contributed by atoms with van der Waals surface area (Å²) in [4.78, 5) is 12.3. The predicted octanol–water partition coefficient (Wildman–Crippen LogP) is 2.61. The normalized spacial score (nSPS) is 26.2. The van der Waals surface area contributed by atoms with E-state index in [1.165, 1.54) is 18.4 Å². The van der Waals surface area contributed by atoms with Crippen molar-refractivity contribution in [2.75, 3.05) is 0 Å². The van der Waals surface area contributed by atoms with Crippen LogP contribution in [0.4, 0.5) is 4.79 Å². The van der Waals surface area contributed by atoms with Gasteiger partial charge in [0.25, 0.3) is 0 Å². The average molecular weight is 302 g/mol. The maximum Gasteiger partial charge on any atom is 0.315 e. The molecule has 0 bridgehead atoms. The molecule has 0 radical (unpaired) electrons. The largest absolute Gasteiger partial charge is 0.391 e. The van der Waals surface area contributed by atoms with Crippen molar-refractivity contribution in [2.45, 2.75) is 63.1 Å². The monoisotopic (exact) mass is 302 g/mol. The van der Waals surface area contributed by atoms with Crippen molar-refractivity contribution in [2.24, 2.45) is 5.92 Å². The van der Waals surface area contributed by atoms with Crippen LogP contribution in [0.5, 0.6) is 0 Å². The Hall–Kier alpha value is -1.55. The maximum atomic E-state index is 12.3. The van der Waals surface area contributed by atoms with E-state index in [4.69, 9.17) is 0 Å². The van der Waals surface area contributed by atoms with E-state index in [-0.39, 0.29) is 18.1 Å².